The number of benzene rings is 1. The molecule has 1 aromatic rings. The minimum atomic E-state index is -0.724. The second-order valence-electron chi connectivity index (χ2n) is 5.19. The van der Waals surface area contributed by atoms with Crippen LogP contribution in [-0.2, 0) is 9.53 Å². The van der Waals surface area contributed by atoms with Crippen molar-refractivity contribution >= 4 is 23.6 Å². The van der Waals surface area contributed by atoms with Gasteiger partial charge in [-0.2, -0.15) is 0 Å². The zero-order chi connectivity index (χ0) is 16.1. The Morgan fingerprint density at radius 3 is 2.36 bits per heavy atom. The summed E-state index contributed by atoms with van der Waals surface area (Å²) in [6.45, 7) is 3.92. The zero-order valence-corrected chi connectivity index (χ0v) is 12.5. The third kappa shape index (κ3) is 4.21. The van der Waals surface area contributed by atoms with E-state index in [1.807, 2.05) is 6.92 Å². The lowest BCUT2D eigenvalue weighted by Gasteiger charge is -2.08. The molecule has 0 heterocycles. The molecule has 2 unspecified atom stereocenters. The van der Waals surface area contributed by atoms with Gasteiger partial charge in [0.2, 0.25) is 5.91 Å². The number of nitrogens with one attached hydrogen (secondary N) is 3. The highest BCUT2D eigenvalue weighted by molar-refractivity contribution is 5.97. The van der Waals surface area contributed by atoms with Crippen LogP contribution in [0.1, 0.15) is 30.6 Å². The molecule has 1 saturated carbocycles. The maximum absolute atomic E-state index is 11.8. The molecule has 0 spiro atoms. The second-order valence-corrected chi connectivity index (χ2v) is 5.19. The quantitative estimate of drug-likeness (QED) is 0.737. The van der Waals surface area contributed by atoms with Crippen LogP contribution in [0.3, 0.4) is 0 Å². The van der Waals surface area contributed by atoms with E-state index in [-0.39, 0.29) is 18.4 Å². The summed E-state index contributed by atoms with van der Waals surface area (Å²) in [7, 11) is 0. The van der Waals surface area contributed by atoms with Gasteiger partial charge in [0.15, 0.2) is 0 Å². The number of hydrogen-bond donors (Lipinski definition) is 3. The molecule has 3 N–H and O–H groups in total. The van der Waals surface area contributed by atoms with E-state index in [1.165, 1.54) is 0 Å². The highest BCUT2D eigenvalue weighted by Gasteiger charge is 2.39. The van der Waals surface area contributed by atoms with E-state index in [0.717, 1.165) is 6.42 Å². The average molecular weight is 305 g/mol. The number of ether oxygens (including phenoxy) is 1. The monoisotopic (exact) mass is 305 g/mol. The van der Waals surface area contributed by atoms with Crippen molar-refractivity contribution in [1.82, 2.24) is 10.9 Å². The first kappa shape index (κ1) is 15.8. The van der Waals surface area contributed by atoms with Crippen LogP contribution >= 0.6 is 0 Å². The third-order valence-electron chi connectivity index (χ3n) is 3.41. The molecular weight excluding hydrogens is 286 g/mol. The van der Waals surface area contributed by atoms with Crippen molar-refractivity contribution in [2.45, 2.75) is 20.3 Å². The Morgan fingerprint density at radius 1 is 1.18 bits per heavy atom. The van der Waals surface area contributed by atoms with Crippen LogP contribution in [0.5, 0.6) is 0 Å². The molecule has 1 aliphatic carbocycles. The van der Waals surface area contributed by atoms with Crippen LogP contribution in [0.25, 0.3) is 0 Å². The number of hydrazine groups is 1. The van der Waals surface area contributed by atoms with Gasteiger partial charge < -0.3 is 10.1 Å². The Bertz CT molecular complexity index is 571. The fourth-order valence-electron chi connectivity index (χ4n) is 1.97. The van der Waals surface area contributed by atoms with Crippen LogP contribution in [0.15, 0.2) is 24.3 Å². The van der Waals surface area contributed by atoms with E-state index in [4.69, 9.17) is 0 Å². The molecule has 118 valence electrons. The number of anilines is 1. The molecule has 0 saturated heterocycles. The summed E-state index contributed by atoms with van der Waals surface area (Å²) in [6.07, 6.45) is 0.199. The molecule has 7 heteroatoms. The van der Waals surface area contributed by atoms with Crippen molar-refractivity contribution in [2.75, 3.05) is 11.9 Å². The standard InChI is InChI=1S/C15H19N3O4/c1-3-22-15(21)18-17-13(19)10-4-6-11(7-5-10)16-14(20)12-8-9(12)2/h4-7,9,12H,3,8H2,1-2H3,(H,16,20)(H,17,19)(H,18,21). The zero-order valence-electron chi connectivity index (χ0n) is 12.5. The highest BCUT2D eigenvalue weighted by atomic mass is 16.5. The fourth-order valence-corrected chi connectivity index (χ4v) is 1.97. The van der Waals surface area contributed by atoms with Gasteiger partial charge in [0.05, 0.1) is 6.61 Å². The van der Waals surface area contributed by atoms with Crippen molar-refractivity contribution in [3.8, 4) is 0 Å². The first-order valence-electron chi connectivity index (χ1n) is 7.15. The molecule has 7 nitrogen and oxygen atoms in total. The predicted octanol–water partition coefficient (Wildman–Crippen LogP) is 1.67. The van der Waals surface area contributed by atoms with Crippen molar-refractivity contribution < 1.29 is 19.1 Å². The number of rotatable bonds is 4. The summed E-state index contributed by atoms with van der Waals surface area (Å²) in [5.41, 5.74) is 5.35. The van der Waals surface area contributed by atoms with Crippen molar-refractivity contribution in [2.24, 2.45) is 11.8 Å². The molecule has 2 atom stereocenters. The molecule has 0 radical (unpaired) electrons. The van der Waals surface area contributed by atoms with E-state index in [2.05, 4.69) is 20.9 Å². The molecule has 22 heavy (non-hydrogen) atoms. The average Bonchev–Trinajstić information content (AvgIpc) is 3.23. The Hall–Kier alpha value is -2.57. The van der Waals surface area contributed by atoms with Gasteiger partial charge in [0, 0.05) is 17.2 Å². The SMILES string of the molecule is CCOC(=O)NNC(=O)c1ccc(NC(=O)C2CC2C)cc1. The minimum absolute atomic E-state index is 0.00804. The molecule has 1 fully saturated rings. The Morgan fingerprint density at radius 2 is 1.82 bits per heavy atom. The number of hydrogen-bond acceptors (Lipinski definition) is 4. The van der Waals surface area contributed by atoms with Crippen LogP contribution in [0.2, 0.25) is 0 Å². The lowest BCUT2D eigenvalue weighted by Crippen LogP contribution is -2.41. The molecule has 1 aromatic carbocycles. The second kappa shape index (κ2) is 6.93. The van der Waals surface area contributed by atoms with Gasteiger partial charge in [-0.25, -0.2) is 10.2 Å². The molecule has 0 bridgehead atoms. The first-order valence-corrected chi connectivity index (χ1v) is 7.15. The smallest absolute Gasteiger partial charge is 0.426 e. The van der Waals surface area contributed by atoms with Gasteiger partial charge in [0.1, 0.15) is 0 Å². The first-order chi connectivity index (χ1) is 10.5. The summed E-state index contributed by atoms with van der Waals surface area (Å²) in [5, 5.41) is 2.81. The summed E-state index contributed by atoms with van der Waals surface area (Å²) in [5.74, 6) is 0.0752. The molecule has 0 aromatic heterocycles. The maximum atomic E-state index is 11.8. The number of carbonyl (C=O) groups is 3. The summed E-state index contributed by atoms with van der Waals surface area (Å²) >= 11 is 0. The number of amides is 3. The Labute approximate surface area is 128 Å². The van der Waals surface area contributed by atoms with Gasteiger partial charge >= 0.3 is 6.09 Å². The van der Waals surface area contributed by atoms with E-state index in [9.17, 15) is 14.4 Å². The van der Waals surface area contributed by atoms with E-state index in [1.54, 1.807) is 31.2 Å². The van der Waals surface area contributed by atoms with Crippen molar-refractivity contribution in [3.63, 3.8) is 0 Å². The molecule has 0 aliphatic heterocycles. The fraction of sp³-hybridized carbons (Fsp3) is 0.400. The Kier molecular flexibility index (Phi) is 4.98. The number of carbonyl (C=O) groups excluding carboxylic acids is 3. The lowest BCUT2D eigenvalue weighted by atomic mass is 10.2. The van der Waals surface area contributed by atoms with Gasteiger partial charge in [-0.05, 0) is 43.5 Å². The van der Waals surface area contributed by atoms with Crippen LogP contribution in [0.4, 0.5) is 10.5 Å². The predicted molar refractivity (Wildman–Crippen MR) is 80.0 cm³/mol. The van der Waals surface area contributed by atoms with Crippen molar-refractivity contribution in [3.05, 3.63) is 29.8 Å². The molecule has 1 aliphatic rings. The van der Waals surface area contributed by atoms with Crippen LogP contribution < -0.4 is 16.2 Å². The topological polar surface area (TPSA) is 96.5 Å². The molecule has 2 rings (SSSR count). The normalized spacial score (nSPS) is 19.0. The summed E-state index contributed by atoms with van der Waals surface area (Å²) in [4.78, 5) is 34.6. The van der Waals surface area contributed by atoms with E-state index in [0.29, 0.717) is 17.2 Å². The summed E-state index contributed by atoms with van der Waals surface area (Å²) < 4.78 is 4.62. The maximum Gasteiger partial charge on any atom is 0.426 e. The van der Waals surface area contributed by atoms with Gasteiger partial charge in [-0.3, -0.25) is 15.0 Å². The largest absolute Gasteiger partial charge is 0.449 e. The van der Waals surface area contributed by atoms with Crippen LogP contribution in [-0.4, -0.2) is 24.5 Å². The van der Waals surface area contributed by atoms with E-state index < -0.39 is 12.0 Å². The minimum Gasteiger partial charge on any atom is -0.449 e. The Balaban J connectivity index is 1.84. The molecular formula is C15H19N3O4. The van der Waals surface area contributed by atoms with Gasteiger partial charge in [-0.15, -0.1) is 0 Å². The van der Waals surface area contributed by atoms with Gasteiger partial charge in [0.25, 0.3) is 5.91 Å². The van der Waals surface area contributed by atoms with Crippen molar-refractivity contribution in [1.29, 1.82) is 0 Å². The third-order valence-corrected chi connectivity index (χ3v) is 3.41. The van der Waals surface area contributed by atoms with Crippen LogP contribution in [0, 0.1) is 11.8 Å². The lowest BCUT2D eigenvalue weighted by molar-refractivity contribution is -0.117. The van der Waals surface area contributed by atoms with Gasteiger partial charge in [-0.1, -0.05) is 6.92 Å². The summed E-state index contributed by atoms with van der Waals surface area (Å²) in [6, 6.07) is 6.41. The highest BCUT2D eigenvalue weighted by Crippen LogP contribution is 2.38. The molecule has 3 amide bonds. The van der Waals surface area contributed by atoms with E-state index >= 15 is 0 Å².